The molecule has 10 heteroatoms. The van der Waals surface area contributed by atoms with E-state index in [9.17, 15) is 17.2 Å². The maximum atomic E-state index is 14.0. The molecule has 0 radical (unpaired) electrons. The van der Waals surface area contributed by atoms with Crippen LogP contribution in [0.3, 0.4) is 0 Å². The Kier molecular flexibility index (Phi) is 5.63. The molecule has 4 rings (SSSR count). The standard InChI is InChI=1S/C20H20F2N4O3S/c1-14(19-23-24-20(29-19)15-5-3-2-4-6-15)25-9-11-26(12-10-25)30(27,28)18-13-16(21)7-8-17(18)22/h2-8,13-14H,9-12H2,1H3. The van der Waals surface area contributed by atoms with Crippen molar-refractivity contribution in [3.8, 4) is 11.5 Å². The topological polar surface area (TPSA) is 79.5 Å². The molecule has 1 atom stereocenters. The molecule has 158 valence electrons. The van der Waals surface area contributed by atoms with E-state index in [4.69, 9.17) is 4.42 Å². The van der Waals surface area contributed by atoms with Crippen LogP contribution in [-0.4, -0.2) is 54.0 Å². The van der Waals surface area contributed by atoms with Crippen molar-refractivity contribution >= 4 is 10.0 Å². The van der Waals surface area contributed by atoms with Gasteiger partial charge in [-0.1, -0.05) is 18.2 Å². The maximum Gasteiger partial charge on any atom is 0.247 e. The van der Waals surface area contributed by atoms with Gasteiger partial charge in [-0.15, -0.1) is 10.2 Å². The molecule has 2 heterocycles. The lowest BCUT2D eigenvalue weighted by atomic mass is 10.2. The monoisotopic (exact) mass is 434 g/mol. The summed E-state index contributed by atoms with van der Waals surface area (Å²) in [5.74, 6) is -0.916. The summed E-state index contributed by atoms with van der Waals surface area (Å²) in [6.07, 6.45) is 0. The van der Waals surface area contributed by atoms with Crippen molar-refractivity contribution in [2.75, 3.05) is 26.2 Å². The second-order valence-electron chi connectivity index (χ2n) is 7.00. The third-order valence-corrected chi connectivity index (χ3v) is 7.06. The van der Waals surface area contributed by atoms with E-state index >= 15 is 0 Å². The fourth-order valence-corrected chi connectivity index (χ4v) is 4.90. The van der Waals surface area contributed by atoms with E-state index in [1.165, 1.54) is 0 Å². The normalized spacial score (nSPS) is 17.2. The van der Waals surface area contributed by atoms with Crippen molar-refractivity contribution in [3.63, 3.8) is 0 Å². The largest absolute Gasteiger partial charge is 0.419 e. The van der Waals surface area contributed by atoms with Gasteiger partial charge < -0.3 is 4.42 Å². The molecule has 1 unspecified atom stereocenters. The summed E-state index contributed by atoms with van der Waals surface area (Å²) in [5, 5.41) is 8.21. The first kappa shape index (κ1) is 20.6. The average molecular weight is 434 g/mol. The Morgan fingerprint density at radius 1 is 1.00 bits per heavy atom. The molecule has 0 saturated carbocycles. The van der Waals surface area contributed by atoms with Gasteiger partial charge in [0.05, 0.1) is 6.04 Å². The lowest BCUT2D eigenvalue weighted by Crippen LogP contribution is -2.49. The second-order valence-corrected chi connectivity index (χ2v) is 8.91. The van der Waals surface area contributed by atoms with Gasteiger partial charge in [-0.2, -0.15) is 4.31 Å². The van der Waals surface area contributed by atoms with Crippen LogP contribution < -0.4 is 0 Å². The first-order valence-electron chi connectivity index (χ1n) is 9.44. The van der Waals surface area contributed by atoms with Gasteiger partial charge in [0.15, 0.2) is 0 Å². The van der Waals surface area contributed by atoms with Crippen LogP contribution in [0.1, 0.15) is 18.9 Å². The minimum Gasteiger partial charge on any atom is -0.419 e. The predicted molar refractivity (Wildman–Crippen MR) is 105 cm³/mol. The summed E-state index contributed by atoms with van der Waals surface area (Å²) < 4.78 is 59.8. The summed E-state index contributed by atoms with van der Waals surface area (Å²) in [7, 11) is -4.12. The Morgan fingerprint density at radius 2 is 1.70 bits per heavy atom. The third-order valence-electron chi connectivity index (χ3n) is 5.15. The number of rotatable bonds is 5. The highest BCUT2D eigenvalue weighted by Gasteiger charge is 2.33. The first-order valence-corrected chi connectivity index (χ1v) is 10.9. The Labute approximate surface area is 173 Å². The molecule has 0 N–H and O–H groups in total. The van der Waals surface area contributed by atoms with Crippen LogP contribution in [0.25, 0.3) is 11.5 Å². The van der Waals surface area contributed by atoms with Gasteiger partial charge in [-0.05, 0) is 37.3 Å². The van der Waals surface area contributed by atoms with E-state index in [1.54, 1.807) is 0 Å². The molecule has 30 heavy (non-hydrogen) atoms. The smallest absolute Gasteiger partial charge is 0.247 e. The van der Waals surface area contributed by atoms with Gasteiger partial charge in [0, 0.05) is 31.7 Å². The molecule has 7 nitrogen and oxygen atoms in total. The molecule has 3 aromatic rings. The van der Waals surface area contributed by atoms with Gasteiger partial charge in [-0.3, -0.25) is 4.90 Å². The van der Waals surface area contributed by atoms with E-state index in [-0.39, 0.29) is 19.1 Å². The number of hydrogen-bond donors (Lipinski definition) is 0. The molecule has 0 aliphatic carbocycles. The van der Waals surface area contributed by atoms with Gasteiger partial charge in [0.25, 0.3) is 0 Å². The molecule has 1 aromatic heterocycles. The molecule has 1 aliphatic heterocycles. The zero-order valence-electron chi connectivity index (χ0n) is 16.2. The number of halogens is 2. The van der Waals surface area contributed by atoms with Crippen LogP contribution >= 0.6 is 0 Å². The van der Waals surface area contributed by atoms with Crippen molar-refractivity contribution in [2.45, 2.75) is 17.9 Å². The van der Waals surface area contributed by atoms with Crippen LogP contribution in [0.15, 0.2) is 57.8 Å². The summed E-state index contributed by atoms with van der Waals surface area (Å²) in [4.78, 5) is 1.37. The Balaban J connectivity index is 1.44. The second kappa shape index (κ2) is 8.21. The summed E-state index contributed by atoms with van der Waals surface area (Å²) in [6, 6.07) is 11.6. The van der Waals surface area contributed by atoms with Crippen molar-refractivity contribution in [1.82, 2.24) is 19.4 Å². The fraction of sp³-hybridized carbons (Fsp3) is 0.300. The lowest BCUT2D eigenvalue weighted by molar-refractivity contribution is 0.129. The lowest BCUT2D eigenvalue weighted by Gasteiger charge is -2.36. The van der Waals surface area contributed by atoms with Crippen molar-refractivity contribution in [2.24, 2.45) is 0 Å². The highest BCUT2D eigenvalue weighted by Crippen LogP contribution is 2.27. The molecule has 1 aliphatic rings. The summed E-state index contributed by atoms with van der Waals surface area (Å²) in [5.41, 5.74) is 0.816. The number of sulfonamides is 1. The van der Waals surface area contributed by atoms with E-state index in [0.29, 0.717) is 30.9 Å². The van der Waals surface area contributed by atoms with Crippen LogP contribution in [0, 0.1) is 11.6 Å². The number of hydrogen-bond acceptors (Lipinski definition) is 6. The predicted octanol–water partition coefficient (Wildman–Crippen LogP) is 3.08. The van der Waals surface area contributed by atoms with Gasteiger partial charge in [-0.25, -0.2) is 17.2 Å². The quantitative estimate of drug-likeness (QED) is 0.614. The van der Waals surface area contributed by atoms with Crippen molar-refractivity contribution in [1.29, 1.82) is 0 Å². The Bertz CT molecular complexity index is 1130. The van der Waals surface area contributed by atoms with E-state index < -0.39 is 26.6 Å². The summed E-state index contributed by atoms with van der Waals surface area (Å²) in [6.45, 7) is 2.96. The Morgan fingerprint density at radius 3 is 2.40 bits per heavy atom. The minimum atomic E-state index is -4.12. The average Bonchev–Trinajstić information content (AvgIpc) is 3.26. The van der Waals surface area contributed by atoms with Gasteiger partial charge >= 0.3 is 0 Å². The zero-order chi connectivity index (χ0) is 21.3. The molecule has 1 fully saturated rings. The molecular weight excluding hydrogens is 414 g/mol. The highest BCUT2D eigenvalue weighted by atomic mass is 32.2. The van der Waals surface area contributed by atoms with Crippen LogP contribution in [0.2, 0.25) is 0 Å². The number of aromatic nitrogens is 2. The van der Waals surface area contributed by atoms with Crippen molar-refractivity contribution < 1.29 is 21.6 Å². The van der Waals surface area contributed by atoms with Crippen LogP contribution in [0.5, 0.6) is 0 Å². The van der Waals surface area contributed by atoms with Gasteiger partial charge in [0.2, 0.25) is 21.8 Å². The number of benzene rings is 2. The van der Waals surface area contributed by atoms with E-state index in [2.05, 4.69) is 10.2 Å². The fourth-order valence-electron chi connectivity index (χ4n) is 3.40. The first-order chi connectivity index (χ1) is 14.4. The molecule has 2 aromatic carbocycles. The SMILES string of the molecule is CC(c1nnc(-c2ccccc2)o1)N1CCN(S(=O)(=O)c2cc(F)ccc2F)CC1. The highest BCUT2D eigenvalue weighted by molar-refractivity contribution is 7.89. The summed E-state index contributed by atoms with van der Waals surface area (Å²) >= 11 is 0. The molecule has 0 bridgehead atoms. The van der Waals surface area contributed by atoms with Gasteiger partial charge in [0.1, 0.15) is 16.5 Å². The maximum absolute atomic E-state index is 14.0. The van der Waals surface area contributed by atoms with Crippen LogP contribution in [0.4, 0.5) is 8.78 Å². The minimum absolute atomic E-state index is 0.141. The van der Waals surface area contributed by atoms with E-state index in [0.717, 1.165) is 22.0 Å². The zero-order valence-corrected chi connectivity index (χ0v) is 17.0. The van der Waals surface area contributed by atoms with Crippen LogP contribution in [-0.2, 0) is 10.0 Å². The molecule has 1 saturated heterocycles. The molecular formula is C20H20F2N4O3S. The third kappa shape index (κ3) is 3.98. The molecule has 0 spiro atoms. The number of piperazine rings is 1. The Hall–Kier alpha value is -2.69. The van der Waals surface area contributed by atoms with E-state index in [1.807, 2.05) is 42.2 Å². The molecule has 0 amide bonds. The van der Waals surface area contributed by atoms with Crippen molar-refractivity contribution in [3.05, 3.63) is 66.1 Å². The number of nitrogens with zero attached hydrogens (tertiary/aromatic N) is 4.